The Balaban J connectivity index is 2.34. The van der Waals surface area contributed by atoms with Crippen LogP contribution in [0.15, 0.2) is 35.8 Å². The summed E-state index contributed by atoms with van der Waals surface area (Å²) in [6.45, 7) is 5.33. The summed E-state index contributed by atoms with van der Waals surface area (Å²) in [4.78, 5) is 4.05. The van der Waals surface area contributed by atoms with E-state index in [2.05, 4.69) is 22.2 Å². The molecule has 2 N–H and O–H groups in total. The van der Waals surface area contributed by atoms with Crippen molar-refractivity contribution in [1.82, 2.24) is 10.6 Å². The van der Waals surface area contributed by atoms with Crippen molar-refractivity contribution in [3.8, 4) is 5.75 Å². The van der Waals surface area contributed by atoms with Crippen molar-refractivity contribution in [2.24, 2.45) is 4.99 Å². The van der Waals surface area contributed by atoms with Crippen molar-refractivity contribution in [1.29, 1.82) is 0 Å². The Kier molecular flexibility index (Phi) is 7.15. The first-order valence-corrected chi connectivity index (χ1v) is 6.57. The van der Waals surface area contributed by atoms with Gasteiger partial charge in [0.1, 0.15) is 17.4 Å². The van der Waals surface area contributed by atoms with Crippen LogP contribution in [0.4, 0.5) is 0 Å². The van der Waals surface area contributed by atoms with E-state index in [1.165, 1.54) is 0 Å². The molecule has 1 aromatic carbocycles. The fourth-order valence-corrected chi connectivity index (χ4v) is 1.66. The van der Waals surface area contributed by atoms with Crippen molar-refractivity contribution in [3.63, 3.8) is 0 Å². The molecule has 0 aromatic heterocycles. The minimum absolute atomic E-state index is 0.429. The van der Waals surface area contributed by atoms with Gasteiger partial charge < -0.3 is 15.4 Å². The Bertz CT molecular complexity index is 450. The van der Waals surface area contributed by atoms with E-state index >= 15 is 0 Å². The lowest BCUT2D eigenvalue weighted by Crippen LogP contribution is -2.39. The summed E-state index contributed by atoms with van der Waals surface area (Å²) in [7, 11) is 1.70. The summed E-state index contributed by atoms with van der Waals surface area (Å²) < 4.78 is 5.54. The van der Waals surface area contributed by atoms with Crippen LogP contribution in [0.25, 0.3) is 0 Å². The van der Waals surface area contributed by atoms with Crippen LogP contribution in [-0.2, 0) is 0 Å². The molecule has 1 rings (SSSR count). The van der Waals surface area contributed by atoms with E-state index in [0.29, 0.717) is 41.5 Å². The minimum Gasteiger partial charge on any atom is -0.490 e. The van der Waals surface area contributed by atoms with Crippen molar-refractivity contribution < 1.29 is 4.74 Å². The SMILES string of the molecule is C=CCNC(=NC)NCCOc1cccc(Cl)c1Cl. The molecule has 0 saturated carbocycles. The molecule has 0 fully saturated rings. The molecule has 0 saturated heterocycles. The molecule has 1 aromatic rings. The molecule has 0 amide bonds. The molecule has 0 aliphatic heterocycles. The maximum Gasteiger partial charge on any atom is 0.191 e. The van der Waals surface area contributed by atoms with Gasteiger partial charge in [-0.2, -0.15) is 0 Å². The van der Waals surface area contributed by atoms with Crippen LogP contribution in [0, 0.1) is 0 Å². The van der Waals surface area contributed by atoms with E-state index in [4.69, 9.17) is 27.9 Å². The average molecular weight is 302 g/mol. The van der Waals surface area contributed by atoms with Gasteiger partial charge in [0.2, 0.25) is 0 Å². The lowest BCUT2D eigenvalue weighted by atomic mass is 10.3. The van der Waals surface area contributed by atoms with Gasteiger partial charge in [-0.3, -0.25) is 4.99 Å². The highest BCUT2D eigenvalue weighted by Gasteiger charge is 2.04. The Morgan fingerprint density at radius 1 is 1.42 bits per heavy atom. The third-order valence-corrected chi connectivity index (χ3v) is 3.01. The van der Waals surface area contributed by atoms with Crippen LogP contribution in [0.5, 0.6) is 5.75 Å². The number of hydrogen-bond acceptors (Lipinski definition) is 2. The van der Waals surface area contributed by atoms with Crippen LogP contribution in [-0.4, -0.2) is 32.7 Å². The zero-order valence-corrected chi connectivity index (χ0v) is 12.3. The van der Waals surface area contributed by atoms with E-state index in [0.717, 1.165) is 0 Å². The number of halogens is 2. The molecule has 19 heavy (non-hydrogen) atoms. The van der Waals surface area contributed by atoms with Crippen LogP contribution in [0.1, 0.15) is 0 Å². The van der Waals surface area contributed by atoms with Crippen LogP contribution in [0.2, 0.25) is 10.0 Å². The molecular formula is C13H17Cl2N3O. The highest BCUT2D eigenvalue weighted by atomic mass is 35.5. The molecule has 4 nitrogen and oxygen atoms in total. The van der Waals surface area contributed by atoms with E-state index in [9.17, 15) is 0 Å². The number of hydrogen-bond donors (Lipinski definition) is 2. The van der Waals surface area contributed by atoms with Gasteiger partial charge in [-0.15, -0.1) is 6.58 Å². The fourth-order valence-electron chi connectivity index (χ4n) is 1.32. The summed E-state index contributed by atoms with van der Waals surface area (Å²) >= 11 is 11.9. The Morgan fingerprint density at radius 2 is 2.21 bits per heavy atom. The first-order valence-electron chi connectivity index (χ1n) is 5.81. The van der Waals surface area contributed by atoms with Crippen molar-refractivity contribution in [3.05, 3.63) is 40.9 Å². The van der Waals surface area contributed by atoms with E-state index in [-0.39, 0.29) is 0 Å². The standard InChI is InChI=1S/C13H17Cl2N3O/c1-3-7-17-13(16-2)18-8-9-19-11-6-4-5-10(14)12(11)15/h3-6H,1,7-9H2,2H3,(H2,16,17,18). The predicted molar refractivity (Wildman–Crippen MR) is 81.5 cm³/mol. The van der Waals surface area contributed by atoms with Crippen molar-refractivity contribution in [2.45, 2.75) is 0 Å². The van der Waals surface area contributed by atoms with Gasteiger partial charge in [-0.1, -0.05) is 35.3 Å². The number of guanidine groups is 1. The van der Waals surface area contributed by atoms with Gasteiger partial charge in [0, 0.05) is 13.6 Å². The molecule has 0 aliphatic carbocycles. The Labute approximate surface area is 123 Å². The number of ether oxygens (including phenoxy) is 1. The lowest BCUT2D eigenvalue weighted by molar-refractivity contribution is 0.322. The van der Waals surface area contributed by atoms with Crippen molar-refractivity contribution >= 4 is 29.2 Å². The number of rotatable bonds is 6. The Morgan fingerprint density at radius 3 is 2.89 bits per heavy atom. The molecule has 0 unspecified atom stereocenters. The van der Waals surface area contributed by atoms with Gasteiger partial charge in [0.25, 0.3) is 0 Å². The molecule has 0 radical (unpaired) electrons. The zero-order valence-electron chi connectivity index (χ0n) is 10.7. The number of benzene rings is 1. The second-order valence-corrected chi connectivity index (χ2v) is 4.35. The van der Waals surface area contributed by atoms with Gasteiger partial charge in [-0.25, -0.2) is 0 Å². The summed E-state index contributed by atoms with van der Waals surface area (Å²) in [5.41, 5.74) is 0. The first-order chi connectivity index (χ1) is 9.19. The van der Waals surface area contributed by atoms with E-state index < -0.39 is 0 Å². The largest absolute Gasteiger partial charge is 0.490 e. The molecular weight excluding hydrogens is 285 g/mol. The molecule has 6 heteroatoms. The summed E-state index contributed by atoms with van der Waals surface area (Å²) in [5, 5.41) is 7.07. The molecule has 0 atom stereocenters. The quantitative estimate of drug-likeness (QED) is 0.367. The average Bonchev–Trinajstić information content (AvgIpc) is 2.42. The van der Waals surface area contributed by atoms with Crippen molar-refractivity contribution in [2.75, 3.05) is 26.7 Å². The molecule has 104 valence electrons. The molecule has 0 heterocycles. The molecule has 0 aliphatic rings. The summed E-state index contributed by atoms with van der Waals surface area (Å²) in [6, 6.07) is 5.29. The second-order valence-electron chi connectivity index (χ2n) is 3.57. The fraction of sp³-hybridized carbons (Fsp3) is 0.308. The van der Waals surface area contributed by atoms with Gasteiger partial charge in [0.15, 0.2) is 5.96 Å². The maximum absolute atomic E-state index is 6.01. The summed E-state index contributed by atoms with van der Waals surface area (Å²) in [5.74, 6) is 1.27. The van der Waals surface area contributed by atoms with E-state index in [1.54, 1.807) is 31.3 Å². The van der Waals surface area contributed by atoms with Crippen LogP contribution < -0.4 is 15.4 Å². The van der Waals surface area contributed by atoms with Crippen LogP contribution in [0.3, 0.4) is 0 Å². The molecule has 0 spiro atoms. The Hall–Kier alpha value is -1.39. The first kappa shape index (κ1) is 15.7. The van der Waals surface area contributed by atoms with Gasteiger partial charge in [0.05, 0.1) is 11.6 Å². The van der Waals surface area contributed by atoms with E-state index in [1.807, 2.05) is 0 Å². The van der Waals surface area contributed by atoms with Crippen LogP contribution >= 0.6 is 23.2 Å². The monoisotopic (exact) mass is 301 g/mol. The predicted octanol–water partition coefficient (Wildman–Crippen LogP) is 2.72. The number of nitrogens with zero attached hydrogens (tertiary/aromatic N) is 1. The smallest absolute Gasteiger partial charge is 0.191 e. The number of nitrogens with one attached hydrogen (secondary N) is 2. The highest BCUT2D eigenvalue weighted by Crippen LogP contribution is 2.31. The second kappa shape index (κ2) is 8.67. The topological polar surface area (TPSA) is 45.7 Å². The number of aliphatic imine (C=N–C) groups is 1. The maximum atomic E-state index is 6.01. The molecule has 0 bridgehead atoms. The van der Waals surface area contributed by atoms with Gasteiger partial charge in [-0.05, 0) is 12.1 Å². The van der Waals surface area contributed by atoms with Gasteiger partial charge >= 0.3 is 0 Å². The third-order valence-electron chi connectivity index (χ3n) is 2.21. The third kappa shape index (κ3) is 5.41. The highest BCUT2D eigenvalue weighted by molar-refractivity contribution is 6.42. The minimum atomic E-state index is 0.429. The normalized spacial score (nSPS) is 11.0. The summed E-state index contributed by atoms with van der Waals surface area (Å²) in [6.07, 6.45) is 1.76. The zero-order chi connectivity index (χ0) is 14.1. The lowest BCUT2D eigenvalue weighted by Gasteiger charge is -2.12.